The number of anilines is 1. The summed E-state index contributed by atoms with van der Waals surface area (Å²) in [6.45, 7) is 3.85. The van der Waals surface area contributed by atoms with Crippen molar-refractivity contribution < 1.29 is 14.7 Å². The van der Waals surface area contributed by atoms with Gasteiger partial charge in [-0.1, -0.05) is 53.6 Å². The maximum absolute atomic E-state index is 12.7. The van der Waals surface area contributed by atoms with E-state index in [1.54, 1.807) is 30.3 Å². The van der Waals surface area contributed by atoms with Gasteiger partial charge in [-0.3, -0.25) is 4.79 Å². The molecule has 28 heavy (non-hydrogen) atoms. The summed E-state index contributed by atoms with van der Waals surface area (Å²) in [5.41, 5.74) is 5.09. The number of benzene rings is 3. The zero-order valence-electron chi connectivity index (χ0n) is 16.0. The van der Waals surface area contributed by atoms with Gasteiger partial charge in [-0.05, 0) is 62.1 Å². The van der Waals surface area contributed by atoms with Crippen LogP contribution < -0.4 is 5.32 Å². The number of amides is 1. The molecule has 3 aromatic carbocycles. The van der Waals surface area contributed by atoms with Crippen molar-refractivity contribution in [2.75, 3.05) is 5.32 Å². The number of aromatic carboxylic acids is 1. The lowest BCUT2D eigenvalue weighted by atomic mass is 10.0. The zero-order chi connectivity index (χ0) is 20.1. The molecule has 4 nitrogen and oxygen atoms in total. The van der Waals surface area contributed by atoms with Crippen LogP contribution in [0.25, 0.3) is 0 Å². The van der Waals surface area contributed by atoms with Crippen LogP contribution in [0.1, 0.15) is 43.0 Å². The van der Waals surface area contributed by atoms with Crippen molar-refractivity contribution in [1.29, 1.82) is 0 Å². The Kier molecular flexibility index (Phi) is 5.90. The summed E-state index contributed by atoms with van der Waals surface area (Å²) in [4.78, 5) is 24.3. The number of hydrogen-bond acceptors (Lipinski definition) is 2. The molecule has 0 saturated heterocycles. The van der Waals surface area contributed by atoms with Crippen LogP contribution in [-0.4, -0.2) is 17.0 Å². The second-order valence-electron chi connectivity index (χ2n) is 7.00. The lowest BCUT2D eigenvalue weighted by Crippen LogP contribution is -2.15. The molecule has 0 aromatic heterocycles. The van der Waals surface area contributed by atoms with Crippen molar-refractivity contribution in [2.24, 2.45) is 0 Å². The highest BCUT2D eigenvalue weighted by Crippen LogP contribution is 2.21. The van der Waals surface area contributed by atoms with Gasteiger partial charge < -0.3 is 10.4 Å². The van der Waals surface area contributed by atoms with E-state index in [0.29, 0.717) is 11.3 Å². The first-order valence-corrected chi connectivity index (χ1v) is 9.22. The predicted octanol–water partition coefficient (Wildman–Crippen LogP) is 5.04. The van der Waals surface area contributed by atoms with Crippen molar-refractivity contribution in [3.63, 3.8) is 0 Å². The number of hydrogen-bond donors (Lipinski definition) is 2. The lowest BCUT2D eigenvalue weighted by molar-refractivity contribution is 0.0698. The van der Waals surface area contributed by atoms with Crippen molar-refractivity contribution in [3.05, 3.63) is 100 Å². The van der Waals surface area contributed by atoms with Gasteiger partial charge in [-0.2, -0.15) is 0 Å². The smallest absolute Gasteiger partial charge is 0.337 e. The summed E-state index contributed by atoms with van der Waals surface area (Å²) in [6.07, 6.45) is 1.61. The summed E-state index contributed by atoms with van der Waals surface area (Å²) in [5, 5.41) is 12.3. The zero-order valence-corrected chi connectivity index (χ0v) is 16.0. The monoisotopic (exact) mass is 373 g/mol. The molecule has 4 heteroatoms. The third-order valence-corrected chi connectivity index (χ3v) is 4.59. The second-order valence-corrected chi connectivity index (χ2v) is 7.00. The Bertz CT molecular complexity index is 989. The number of carboxylic acid groups (broad SMARTS) is 1. The molecule has 0 saturated carbocycles. The highest BCUT2D eigenvalue weighted by Gasteiger charge is 2.15. The van der Waals surface area contributed by atoms with Crippen LogP contribution in [0.3, 0.4) is 0 Å². The first-order chi connectivity index (χ1) is 13.4. The summed E-state index contributed by atoms with van der Waals surface area (Å²) in [5.74, 6) is -1.38. The average Bonchev–Trinajstić information content (AvgIpc) is 2.66. The van der Waals surface area contributed by atoms with Gasteiger partial charge in [0.25, 0.3) is 5.91 Å². The molecular formula is C24H23NO3. The molecule has 142 valence electrons. The quantitative estimate of drug-likeness (QED) is 0.636. The van der Waals surface area contributed by atoms with Crippen LogP contribution in [0.2, 0.25) is 0 Å². The Morgan fingerprint density at radius 2 is 1.46 bits per heavy atom. The van der Waals surface area contributed by atoms with E-state index in [1.807, 2.05) is 38.1 Å². The number of carboxylic acids is 1. The van der Waals surface area contributed by atoms with Crippen LogP contribution >= 0.6 is 0 Å². The van der Waals surface area contributed by atoms with Gasteiger partial charge in [0.1, 0.15) is 0 Å². The Morgan fingerprint density at radius 3 is 2.11 bits per heavy atom. The Hall–Kier alpha value is -3.40. The van der Waals surface area contributed by atoms with E-state index in [9.17, 15) is 14.7 Å². The standard InChI is InChI=1S/C24H23NO3/c1-16-12-17(2)14-20(13-16)23(26)25-22-15-19(10-11-21(22)24(27)28)9-8-18-6-4-3-5-7-18/h3-7,10-15H,8-9H2,1-2H3,(H,25,26)(H,27,28). The van der Waals surface area contributed by atoms with Crippen molar-refractivity contribution in [3.8, 4) is 0 Å². The van der Waals surface area contributed by atoms with E-state index in [2.05, 4.69) is 17.4 Å². The van der Waals surface area contributed by atoms with E-state index < -0.39 is 5.97 Å². The topological polar surface area (TPSA) is 66.4 Å². The molecule has 0 radical (unpaired) electrons. The van der Waals surface area contributed by atoms with Gasteiger partial charge >= 0.3 is 5.97 Å². The fourth-order valence-electron chi connectivity index (χ4n) is 3.27. The van der Waals surface area contributed by atoms with Crippen LogP contribution in [0.5, 0.6) is 0 Å². The number of rotatable bonds is 6. The maximum Gasteiger partial charge on any atom is 0.337 e. The van der Waals surface area contributed by atoms with Crippen molar-refractivity contribution in [2.45, 2.75) is 26.7 Å². The van der Waals surface area contributed by atoms with E-state index in [-0.39, 0.29) is 11.5 Å². The van der Waals surface area contributed by atoms with Gasteiger partial charge in [0.2, 0.25) is 0 Å². The first kappa shape index (κ1) is 19.4. The van der Waals surface area contributed by atoms with E-state index in [4.69, 9.17) is 0 Å². The molecule has 0 heterocycles. The molecule has 0 unspecified atom stereocenters. The minimum absolute atomic E-state index is 0.0844. The van der Waals surface area contributed by atoms with Crippen molar-refractivity contribution in [1.82, 2.24) is 0 Å². The fourth-order valence-corrected chi connectivity index (χ4v) is 3.27. The number of nitrogens with one attached hydrogen (secondary N) is 1. The molecule has 0 fully saturated rings. The van der Waals surface area contributed by atoms with Crippen LogP contribution in [-0.2, 0) is 12.8 Å². The summed E-state index contributed by atoms with van der Waals surface area (Å²) in [6, 6.07) is 20.8. The molecular weight excluding hydrogens is 350 g/mol. The van der Waals surface area contributed by atoms with Crippen LogP contribution in [0.4, 0.5) is 5.69 Å². The largest absolute Gasteiger partial charge is 0.478 e. The Balaban J connectivity index is 1.83. The molecule has 0 aliphatic carbocycles. The van der Waals surface area contributed by atoms with E-state index >= 15 is 0 Å². The molecule has 3 aromatic rings. The maximum atomic E-state index is 12.7. The van der Waals surface area contributed by atoms with Gasteiger partial charge in [-0.25, -0.2) is 4.79 Å². The third-order valence-electron chi connectivity index (χ3n) is 4.59. The minimum atomic E-state index is -1.06. The molecule has 0 spiro atoms. The molecule has 0 aliphatic heterocycles. The molecule has 0 atom stereocenters. The summed E-state index contributed by atoms with van der Waals surface area (Å²) >= 11 is 0. The van der Waals surface area contributed by atoms with Gasteiger partial charge in [0.05, 0.1) is 11.3 Å². The SMILES string of the molecule is Cc1cc(C)cc(C(=O)Nc2cc(CCc3ccccc3)ccc2C(=O)O)c1. The third kappa shape index (κ3) is 4.86. The molecule has 0 bridgehead atoms. The number of carbonyl (C=O) groups excluding carboxylic acids is 1. The second kappa shape index (κ2) is 8.53. The van der Waals surface area contributed by atoms with Gasteiger partial charge in [0.15, 0.2) is 0 Å². The fraction of sp³-hybridized carbons (Fsp3) is 0.167. The Labute approximate surface area is 164 Å². The number of carbonyl (C=O) groups is 2. The van der Waals surface area contributed by atoms with E-state index in [1.165, 1.54) is 5.56 Å². The summed E-state index contributed by atoms with van der Waals surface area (Å²) < 4.78 is 0. The van der Waals surface area contributed by atoms with E-state index in [0.717, 1.165) is 29.5 Å². The highest BCUT2D eigenvalue weighted by molar-refractivity contribution is 6.08. The molecule has 1 amide bonds. The van der Waals surface area contributed by atoms with Gasteiger partial charge in [0, 0.05) is 5.56 Å². The van der Waals surface area contributed by atoms with Gasteiger partial charge in [-0.15, -0.1) is 0 Å². The molecule has 3 rings (SSSR count). The van der Waals surface area contributed by atoms with Crippen molar-refractivity contribution >= 4 is 17.6 Å². The highest BCUT2D eigenvalue weighted by atomic mass is 16.4. The Morgan fingerprint density at radius 1 is 0.821 bits per heavy atom. The predicted molar refractivity (Wildman–Crippen MR) is 111 cm³/mol. The average molecular weight is 373 g/mol. The van der Waals surface area contributed by atoms with Crippen LogP contribution in [0.15, 0.2) is 66.7 Å². The molecule has 0 aliphatic rings. The summed E-state index contributed by atoms with van der Waals surface area (Å²) in [7, 11) is 0. The van der Waals surface area contributed by atoms with Crippen LogP contribution in [0, 0.1) is 13.8 Å². The molecule has 2 N–H and O–H groups in total. The number of aryl methyl sites for hydroxylation is 4. The first-order valence-electron chi connectivity index (χ1n) is 9.22. The minimum Gasteiger partial charge on any atom is -0.478 e. The lowest BCUT2D eigenvalue weighted by Gasteiger charge is -2.12. The normalized spacial score (nSPS) is 10.5.